The zero-order chi connectivity index (χ0) is 18.4. The van der Waals surface area contributed by atoms with Crippen LogP contribution in [0.5, 0.6) is 0 Å². The summed E-state index contributed by atoms with van der Waals surface area (Å²) in [6.45, 7) is 1.67. The second kappa shape index (κ2) is 8.47. The Morgan fingerprint density at radius 1 is 1.15 bits per heavy atom. The van der Waals surface area contributed by atoms with Gasteiger partial charge in [-0.1, -0.05) is 48.5 Å². The number of halogens is 1. The van der Waals surface area contributed by atoms with E-state index in [1.165, 1.54) is 6.07 Å². The smallest absolute Gasteiger partial charge is 0.409 e. The van der Waals surface area contributed by atoms with E-state index in [2.05, 4.69) is 5.32 Å². The molecule has 0 radical (unpaired) electrons. The molecule has 1 fully saturated rings. The highest BCUT2D eigenvalue weighted by atomic mass is 19.1. The van der Waals surface area contributed by atoms with Gasteiger partial charge >= 0.3 is 6.09 Å². The molecule has 0 aromatic heterocycles. The molecule has 1 atom stereocenters. The summed E-state index contributed by atoms with van der Waals surface area (Å²) in [4.78, 5) is 25.3. The SMILES string of the molecule is O=C(C[C@H](c1ccccc1)c1ccccc1F)NCCN1CCOC1=O. The molecule has 1 aliphatic heterocycles. The summed E-state index contributed by atoms with van der Waals surface area (Å²) < 4.78 is 19.1. The van der Waals surface area contributed by atoms with E-state index < -0.39 is 0 Å². The molecule has 26 heavy (non-hydrogen) atoms. The van der Waals surface area contributed by atoms with Gasteiger partial charge in [-0.2, -0.15) is 0 Å². The molecule has 1 N–H and O–H groups in total. The lowest BCUT2D eigenvalue weighted by Gasteiger charge is -2.19. The first-order valence-corrected chi connectivity index (χ1v) is 8.63. The maximum atomic E-state index is 14.3. The van der Waals surface area contributed by atoms with Crippen molar-refractivity contribution in [2.45, 2.75) is 12.3 Å². The number of ether oxygens (including phenoxy) is 1. The van der Waals surface area contributed by atoms with Gasteiger partial charge in [0.2, 0.25) is 5.91 Å². The van der Waals surface area contributed by atoms with Crippen LogP contribution in [0.4, 0.5) is 9.18 Å². The van der Waals surface area contributed by atoms with E-state index in [9.17, 15) is 14.0 Å². The number of carbonyl (C=O) groups excluding carboxylic acids is 2. The molecule has 136 valence electrons. The Morgan fingerprint density at radius 2 is 1.88 bits per heavy atom. The van der Waals surface area contributed by atoms with Gasteiger partial charge in [-0.15, -0.1) is 0 Å². The van der Waals surface area contributed by atoms with Gasteiger partial charge in [0.05, 0.1) is 6.54 Å². The molecule has 0 bridgehead atoms. The third kappa shape index (κ3) is 4.39. The van der Waals surface area contributed by atoms with Crippen LogP contribution in [-0.2, 0) is 9.53 Å². The van der Waals surface area contributed by atoms with Crippen LogP contribution in [0.3, 0.4) is 0 Å². The molecule has 0 spiro atoms. The average molecular weight is 356 g/mol. The molecule has 2 aromatic rings. The van der Waals surface area contributed by atoms with Crippen molar-refractivity contribution in [2.24, 2.45) is 0 Å². The number of nitrogens with one attached hydrogen (secondary N) is 1. The Kier molecular flexibility index (Phi) is 5.84. The summed E-state index contributed by atoms with van der Waals surface area (Å²) in [6, 6.07) is 15.9. The van der Waals surface area contributed by atoms with Gasteiger partial charge in [0.1, 0.15) is 12.4 Å². The van der Waals surface area contributed by atoms with Crippen molar-refractivity contribution in [2.75, 3.05) is 26.2 Å². The summed E-state index contributed by atoms with van der Waals surface area (Å²) in [5, 5.41) is 2.81. The number of amides is 2. The predicted octanol–water partition coefficient (Wildman–Crippen LogP) is 2.92. The first-order chi connectivity index (χ1) is 12.6. The first-order valence-electron chi connectivity index (χ1n) is 8.63. The maximum Gasteiger partial charge on any atom is 0.409 e. The zero-order valence-corrected chi connectivity index (χ0v) is 14.4. The summed E-state index contributed by atoms with van der Waals surface area (Å²) in [5.74, 6) is -0.877. The van der Waals surface area contributed by atoms with Crippen molar-refractivity contribution in [3.63, 3.8) is 0 Å². The summed E-state index contributed by atoms with van der Waals surface area (Å²) in [5.41, 5.74) is 1.38. The zero-order valence-electron chi connectivity index (χ0n) is 14.4. The lowest BCUT2D eigenvalue weighted by atomic mass is 9.88. The van der Waals surface area contributed by atoms with Crippen molar-refractivity contribution in [3.8, 4) is 0 Å². The fraction of sp³-hybridized carbons (Fsp3) is 0.300. The minimum Gasteiger partial charge on any atom is -0.448 e. The summed E-state index contributed by atoms with van der Waals surface area (Å²) in [7, 11) is 0. The number of hydrogen-bond acceptors (Lipinski definition) is 3. The van der Waals surface area contributed by atoms with E-state index in [0.717, 1.165) is 5.56 Å². The van der Waals surface area contributed by atoms with E-state index in [4.69, 9.17) is 4.74 Å². The molecule has 1 heterocycles. The van der Waals surface area contributed by atoms with Crippen LogP contribution in [0, 0.1) is 5.82 Å². The topological polar surface area (TPSA) is 58.6 Å². The van der Waals surface area contributed by atoms with Crippen LogP contribution < -0.4 is 5.32 Å². The highest BCUT2D eigenvalue weighted by Crippen LogP contribution is 2.29. The lowest BCUT2D eigenvalue weighted by Crippen LogP contribution is -2.35. The Hall–Kier alpha value is -2.89. The van der Waals surface area contributed by atoms with E-state index >= 15 is 0 Å². The Morgan fingerprint density at radius 3 is 2.58 bits per heavy atom. The fourth-order valence-corrected chi connectivity index (χ4v) is 3.07. The lowest BCUT2D eigenvalue weighted by molar-refractivity contribution is -0.121. The van der Waals surface area contributed by atoms with Gasteiger partial charge in [0.25, 0.3) is 0 Å². The molecule has 2 aromatic carbocycles. The third-order valence-electron chi connectivity index (χ3n) is 4.42. The van der Waals surface area contributed by atoms with Crippen molar-refractivity contribution in [1.82, 2.24) is 10.2 Å². The van der Waals surface area contributed by atoms with Crippen molar-refractivity contribution in [3.05, 3.63) is 71.5 Å². The number of hydrogen-bond donors (Lipinski definition) is 1. The molecule has 5 nitrogen and oxygen atoms in total. The van der Waals surface area contributed by atoms with E-state index in [-0.39, 0.29) is 30.2 Å². The predicted molar refractivity (Wildman–Crippen MR) is 95.2 cm³/mol. The quantitative estimate of drug-likeness (QED) is 0.830. The third-order valence-corrected chi connectivity index (χ3v) is 4.42. The highest BCUT2D eigenvalue weighted by molar-refractivity contribution is 5.77. The molecule has 0 aliphatic carbocycles. The summed E-state index contributed by atoms with van der Waals surface area (Å²) >= 11 is 0. The molecule has 6 heteroatoms. The van der Waals surface area contributed by atoms with Crippen molar-refractivity contribution >= 4 is 12.0 Å². The molecule has 2 amide bonds. The molecule has 0 unspecified atom stereocenters. The first kappa shape index (κ1) is 17.9. The van der Waals surface area contributed by atoms with Gasteiger partial charge in [-0.05, 0) is 17.2 Å². The van der Waals surface area contributed by atoms with Gasteiger partial charge < -0.3 is 15.0 Å². The second-order valence-corrected chi connectivity index (χ2v) is 6.14. The minimum absolute atomic E-state index is 0.134. The van der Waals surface area contributed by atoms with Gasteiger partial charge in [0, 0.05) is 25.4 Å². The Balaban J connectivity index is 1.65. The van der Waals surface area contributed by atoms with Gasteiger partial charge in [0.15, 0.2) is 0 Å². The summed E-state index contributed by atoms with van der Waals surface area (Å²) in [6.07, 6.45) is -0.220. The number of rotatable bonds is 7. The van der Waals surface area contributed by atoms with Gasteiger partial charge in [-0.25, -0.2) is 9.18 Å². The van der Waals surface area contributed by atoms with E-state index in [1.807, 2.05) is 30.3 Å². The van der Waals surface area contributed by atoms with Crippen LogP contribution in [0.2, 0.25) is 0 Å². The maximum absolute atomic E-state index is 14.3. The highest BCUT2D eigenvalue weighted by Gasteiger charge is 2.23. The molecule has 1 aliphatic rings. The normalized spacial score (nSPS) is 14.8. The molecule has 3 rings (SSSR count). The molecule has 0 saturated carbocycles. The molecular weight excluding hydrogens is 335 g/mol. The van der Waals surface area contributed by atoms with Crippen molar-refractivity contribution in [1.29, 1.82) is 0 Å². The van der Waals surface area contributed by atoms with E-state index in [1.54, 1.807) is 23.1 Å². The Labute approximate surface area is 151 Å². The second-order valence-electron chi connectivity index (χ2n) is 6.14. The Bertz CT molecular complexity index is 767. The minimum atomic E-state index is -0.367. The van der Waals surface area contributed by atoms with Crippen LogP contribution in [0.1, 0.15) is 23.5 Å². The van der Waals surface area contributed by atoms with Crippen LogP contribution >= 0.6 is 0 Å². The van der Waals surface area contributed by atoms with Crippen molar-refractivity contribution < 1.29 is 18.7 Å². The standard InChI is InChI=1S/C20H21FN2O3/c21-18-9-5-4-8-16(18)17(15-6-2-1-3-7-15)14-19(24)22-10-11-23-12-13-26-20(23)25/h1-9,17H,10-14H2,(H,22,24)/t17-/m1/s1. The van der Waals surface area contributed by atoms with Crippen LogP contribution in [0.25, 0.3) is 0 Å². The largest absolute Gasteiger partial charge is 0.448 e. The average Bonchev–Trinajstić information content (AvgIpc) is 3.06. The van der Waals surface area contributed by atoms with E-state index in [0.29, 0.717) is 31.8 Å². The van der Waals surface area contributed by atoms with Crippen LogP contribution in [0.15, 0.2) is 54.6 Å². The number of nitrogens with zero attached hydrogens (tertiary/aromatic N) is 1. The monoisotopic (exact) mass is 356 g/mol. The fourth-order valence-electron chi connectivity index (χ4n) is 3.07. The number of benzene rings is 2. The van der Waals surface area contributed by atoms with Gasteiger partial charge in [-0.3, -0.25) is 4.79 Å². The number of cyclic esters (lactones) is 1. The van der Waals surface area contributed by atoms with Crippen LogP contribution in [-0.4, -0.2) is 43.1 Å². The molecular formula is C20H21FN2O3. The number of carbonyl (C=O) groups is 2. The molecule has 1 saturated heterocycles.